The van der Waals surface area contributed by atoms with Crippen molar-refractivity contribution >= 4 is 34.9 Å². The molecule has 0 spiro atoms. The summed E-state index contributed by atoms with van der Waals surface area (Å²) in [5, 5.41) is 3.01. The molecule has 86 valence electrons. The predicted octanol–water partition coefficient (Wildman–Crippen LogP) is 1.17. The molecule has 0 radical (unpaired) electrons. The molecule has 1 amide bonds. The summed E-state index contributed by atoms with van der Waals surface area (Å²) in [5.41, 5.74) is 5.58. The maximum atomic E-state index is 11.9. The van der Waals surface area contributed by atoms with Gasteiger partial charge in [0, 0.05) is 11.8 Å². The third-order valence-electron chi connectivity index (χ3n) is 2.53. The Morgan fingerprint density at radius 2 is 2.27 bits per heavy atom. The first-order valence-corrected chi connectivity index (χ1v) is 6.76. The average Bonchev–Trinajstić information content (AvgIpc) is 2.54. The van der Waals surface area contributed by atoms with Crippen LogP contribution in [0.1, 0.15) is 20.3 Å². The summed E-state index contributed by atoms with van der Waals surface area (Å²) in [7, 11) is 0. The first-order valence-electron chi connectivity index (χ1n) is 5.19. The Balaban J connectivity index is 2.52. The van der Waals surface area contributed by atoms with Gasteiger partial charge < -0.3 is 11.1 Å². The number of thioether (sulfide) groups is 1. The summed E-state index contributed by atoms with van der Waals surface area (Å²) in [6.45, 7) is 3.93. The minimum absolute atomic E-state index is 0.00926. The Hall–Kier alpha value is -0.290. The standard InChI is InChI=1S/C10H18N2OS2/c1-6(2)8(9(11)14)10(13)12-7-3-4-15-5-7/h6-8H,3-5H2,1-2H3,(H2,11,14)(H,12,13). The molecule has 1 rings (SSSR count). The molecule has 3 nitrogen and oxygen atoms in total. The number of carbonyl (C=O) groups is 1. The van der Waals surface area contributed by atoms with E-state index >= 15 is 0 Å². The molecule has 1 aliphatic rings. The number of carbonyl (C=O) groups excluding carboxylic acids is 1. The van der Waals surface area contributed by atoms with Crippen molar-refractivity contribution in [2.45, 2.75) is 26.3 Å². The van der Waals surface area contributed by atoms with Gasteiger partial charge in [0.1, 0.15) is 0 Å². The van der Waals surface area contributed by atoms with Crippen LogP contribution in [-0.2, 0) is 4.79 Å². The van der Waals surface area contributed by atoms with Gasteiger partial charge in [-0.05, 0) is 18.1 Å². The van der Waals surface area contributed by atoms with E-state index in [9.17, 15) is 4.79 Å². The van der Waals surface area contributed by atoms with Gasteiger partial charge in [0.25, 0.3) is 0 Å². The highest BCUT2D eigenvalue weighted by Gasteiger charge is 2.27. The van der Waals surface area contributed by atoms with E-state index in [-0.39, 0.29) is 17.7 Å². The minimum Gasteiger partial charge on any atom is -0.393 e. The molecule has 0 bridgehead atoms. The van der Waals surface area contributed by atoms with Gasteiger partial charge >= 0.3 is 0 Å². The van der Waals surface area contributed by atoms with Crippen molar-refractivity contribution < 1.29 is 4.79 Å². The topological polar surface area (TPSA) is 55.1 Å². The van der Waals surface area contributed by atoms with Gasteiger partial charge in [-0.3, -0.25) is 4.79 Å². The van der Waals surface area contributed by atoms with Crippen LogP contribution in [0, 0.1) is 11.8 Å². The zero-order valence-electron chi connectivity index (χ0n) is 9.16. The Kier molecular flexibility index (Phi) is 4.86. The molecule has 0 aromatic heterocycles. The van der Waals surface area contributed by atoms with Gasteiger partial charge in [-0.25, -0.2) is 0 Å². The second-order valence-electron chi connectivity index (χ2n) is 4.19. The number of amides is 1. The average molecular weight is 246 g/mol. The number of nitrogens with two attached hydrogens (primary N) is 1. The van der Waals surface area contributed by atoms with E-state index in [1.54, 1.807) is 0 Å². The highest BCUT2D eigenvalue weighted by atomic mass is 32.2. The maximum Gasteiger partial charge on any atom is 0.230 e. The number of rotatable bonds is 4. The normalized spacial score (nSPS) is 22.7. The van der Waals surface area contributed by atoms with Gasteiger partial charge in [0.05, 0.1) is 10.9 Å². The molecule has 2 atom stereocenters. The maximum absolute atomic E-state index is 11.9. The number of thiocarbonyl (C=S) groups is 1. The molecule has 5 heteroatoms. The van der Waals surface area contributed by atoms with E-state index < -0.39 is 0 Å². The Morgan fingerprint density at radius 1 is 1.60 bits per heavy atom. The fourth-order valence-corrected chi connectivity index (χ4v) is 3.23. The Labute approximate surface area is 101 Å². The van der Waals surface area contributed by atoms with Crippen LogP contribution in [0.2, 0.25) is 0 Å². The molecule has 0 aromatic carbocycles. The third kappa shape index (κ3) is 3.65. The highest BCUT2D eigenvalue weighted by Crippen LogP contribution is 2.18. The Bertz CT molecular complexity index is 250. The van der Waals surface area contributed by atoms with Crippen LogP contribution >= 0.6 is 24.0 Å². The zero-order valence-corrected chi connectivity index (χ0v) is 10.8. The summed E-state index contributed by atoms with van der Waals surface area (Å²) in [6, 6.07) is 0.304. The summed E-state index contributed by atoms with van der Waals surface area (Å²) in [4.78, 5) is 12.2. The fourth-order valence-electron chi connectivity index (χ4n) is 1.70. The van der Waals surface area contributed by atoms with Crippen LogP contribution in [0.5, 0.6) is 0 Å². The van der Waals surface area contributed by atoms with Crippen molar-refractivity contribution in [2.75, 3.05) is 11.5 Å². The van der Waals surface area contributed by atoms with E-state index in [1.165, 1.54) is 0 Å². The number of nitrogens with one attached hydrogen (secondary N) is 1. The molecule has 3 N–H and O–H groups in total. The lowest BCUT2D eigenvalue weighted by atomic mass is 9.94. The van der Waals surface area contributed by atoms with Crippen molar-refractivity contribution in [1.29, 1.82) is 0 Å². The zero-order chi connectivity index (χ0) is 11.4. The molecule has 0 aromatic rings. The third-order valence-corrected chi connectivity index (χ3v) is 3.95. The van der Waals surface area contributed by atoms with Crippen LogP contribution in [-0.4, -0.2) is 28.4 Å². The molecule has 1 heterocycles. The largest absolute Gasteiger partial charge is 0.393 e. The lowest BCUT2D eigenvalue weighted by Crippen LogP contribution is -2.45. The van der Waals surface area contributed by atoms with E-state index in [2.05, 4.69) is 5.32 Å². The van der Waals surface area contributed by atoms with Crippen LogP contribution < -0.4 is 11.1 Å². The first-order chi connectivity index (χ1) is 7.02. The summed E-state index contributed by atoms with van der Waals surface area (Å²) >= 11 is 6.80. The van der Waals surface area contributed by atoms with Crippen molar-refractivity contribution in [3.63, 3.8) is 0 Å². The van der Waals surface area contributed by atoms with E-state index in [4.69, 9.17) is 18.0 Å². The van der Waals surface area contributed by atoms with E-state index in [0.29, 0.717) is 11.0 Å². The monoisotopic (exact) mass is 246 g/mol. The molecule has 1 aliphatic heterocycles. The van der Waals surface area contributed by atoms with Gasteiger partial charge in [0.15, 0.2) is 0 Å². The summed E-state index contributed by atoms with van der Waals surface area (Å²) in [5.74, 6) is 1.96. The molecule has 1 saturated heterocycles. The highest BCUT2D eigenvalue weighted by molar-refractivity contribution is 7.99. The molecule has 2 unspecified atom stereocenters. The van der Waals surface area contributed by atoms with Crippen molar-refractivity contribution in [3.8, 4) is 0 Å². The predicted molar refractivity (Wildman–Crippen MR) is 69.0 cm³/mol. The van der Waals surface area contributed by atoms with Gasteiger partial charge in [0.2, 0.25) is 5.91 Å². The fraction of sp³-hybridized carbons (Fsp3) is 0.800. The lowest BCUT2D eigenvalue weighted by molar-refractivity contribution is -0.124. The minimum atomic E-state index is -0.328. The smallest absolute Gasteiger partial charge is 0.230 e. The van der Waals surface area contributed by atoms with Crippen molar-refractivity contribution in [2.24, 2.45) is 17.6 Å². The number of hydrogen-bond donors (Lipinski definition) is 2. The summed E-state index contributed by atoms with van der Waals surface area (Å²) < 4.78 is 0. The van der Waals surface area contributed by atoms with Crippen LogP contribution in [0.4, 0.5) is 0 Å². The molecule has 0 saturated carbocycles. The van der Waals surface area contributed by atoms with Gasteiger partial charge in [-0.15, -0.1) is 0 Å². The second-order valence-corrected chi connectivity index (χ2v) is 5.81. The van der Waals surface area contributed by atoms with E-state index in [0.717, 1.165) is 17.9 Å². The van der Waals surface area contributed by atoms with Crippen molar-refractivity contribution in [3.05, 3.63) is 0 Å². The molecular weight excluding hydrogens is 228 g/mol. The SMILES string of the molecule is CC(C)C(C(=O)NC1CCSC1)C(N)=S. The van der Waals surface area contributed by atoms with Crippen molar-refractivity contribution in [1.82, 2.24) is 5.32 Å². The Morgan fingerprint density at radius 3 is 2.67 bits per heavy atom. The first kappa shape index (κ1) is 12.8. The van der Waals surface area contributed by atoms with Crippen LogP contribution in [0.3, 0.4) is 0 Å². The molecular formula is C10H18N2OS2. The van der Waals surface area contributed by atoms with Gasteiger partial charge in [-0.2, -0.15) is 11.8 Å². The number of hydrogen-bond acceptors (Lipinski definition) is 3. The van der Waals surface area contributed by atoms with Gasteiger partial charge in [-0.1, -0.05) is 26.1 Å². The van der Waals surface area contributed by atoms with E-state index in [1.807, 2.05) is 25.6 Å². The van der Waals surface area contributed by atoms with Crippen LogP contribution in [0.15, 0.2) is 0 Å². The second kappa shape index (κ2) is 5.70. The molecule has 15 heavy (non-hydrogen) atoms. The molecule has 0 aliphatic carbocycles. The quantitative estimate of drug-likeness (QED) is 0.731. The van der Waals surface area contributed by atoms with Crippen LogP contribution in [0.25, 0.3) is 0 Å². The summed E-state index contributed by atoms with van der Waals surface area (Å²) in [6.07, 6.45) is 1.05. The molecule has 1 fully saturated rings. The lowest BCUT2D eigenvalue weighted by Gasteiger charge is -2.21.